The molecule has 2 heterocycles. The summed E-state index contributed by atoms with van der Waals surface area (Å²) in [5, 5.41) is 14.8. The summed E-state index contributed by atoms with van der Waals surface area (Å²) in [6.45, 7) is 3.77. The molecule has 2 unspecified atom stereocenters. The van der Waals surface area contributed by atoms with E-state index in [2.05, 4.69) is 10.1 Å². The molecule has 94 valence electrons. The SMILES string of the molecule is CC1(C)c2c(cnc3cc(Cl)nn23)C(C=O)C1O. The van der Waals surface area contributed by atoms with Crippen molar-refractivity contribution >= 4 is 23.5 Å². The zero-order valence-corrected chi connectivity index (χ0v) is 10.7. The van der Waals surface area contributed by atoms with Gasteiger partial charge < -0.3 is 9.90 Å². The molecule has 2 aromatic heterocycles. The Morgan fingerprint density at radius 2 is 2.28 bits per heavy atom. The van der Waals surface area contributed by atoms with Crippen LogP contribution in [0.4, 0.5) is 0 Å². The number of hydrogen-bond donors (Lipinski definition) is 1. The quantitative estimate of drug-likeness (QED) is 0.790. The molecule has 2 aromatic rings. The van der Waals surface area contributed by atoms with E-state index >= 15 is 0 Å². The van der Waals surface area contributed by atoms with Gasteiger partial charge in [-0.05, 0) is 0 Å². The van der Waals surface area contributed by atoms with Gasteiger partial charge in [0.15, 0.2) is 10.8 Å². The van der Waals surface area contributed by atoms with Crippen LogP contribution < -0.4 is 0 Å². The highest BCUT2D eigenvalue weighted by Crippen LogP contribution is 2.44. The van der Waals surface area contributed by atoms with Gasteiger partial charge in [0, 0.05) is 23.2 Å². The van der Waals surface area contributed by atoms with Gasteiger partial charge in [-0.25, -0.2) is 9.50 Å². The maximum atomic E-state index is 11.2. The number of rotatable bonds is 1. The molecule has 2 atom stereocenters. The molecule has 1 N–H and O–H groups in total. The van der Waals surface area contributed by atoms with E-state index < -0.39 is 17.4 Å². The van der Waals surface area contributed by atoms with Crippen LogP contribution in [0.25, 0.3) is 5.65 Å². The molecule has 1 aliphatic carbocycles. The molecule has 0 spiro atoms. The van der Waals surface area contributed by atoms with Gasteiger partial charge in [0.25, 0.3) is 0 Å². The molecule has 0 saturated carbocycles. The number of carbonyl (C=O) groups is 1. The maximum Gasteiger partial charge on any atom is 0.156 e. The molecule has 1 aliphatic rings. The van der Waals surface area contributed by atoms with E-state index in [0.29, 0.717) is 10.8 Å². The number of fused-ring (bicyclic) bond motifs is 3. The van der Waals surface area contributed by atoms with Crippen molar-refractivity contribution in [3.8, 4) is 0 Å². The van der Waals surface area contributed by atoms with Crippen molar-refractivity contribution in [1.82, 2.24) is 14.6 Å². The first-order valence-electron chi connectivity index (χ1n) is 5.65. The molecule has 0 saturated heterocycles. The van der Waals surface area contributed by atoms with Crippen molar-refractivity contribution in [2.75, 3.05) is 0 Å². The fourth-order valence-electron chi connectivity index (χ4n) is 2.71. The number of hydrogen-bond acceptors (Lipinski definition) is 4. The smallest absolute Gasteiger partial charge is 0.156 e. The van der Waals surface area contributed by atoms with Crippen molar-refractivity contribution in [3.05, 3.63) is 28.7 Å². The Morgan fingerprint density at radius 1 is 1.56 bits per heavy atom. The third-order valence-corrected chi connectivity index (χ3v) is 3.86. The van der Waals surface area contributed by atoms with Crippen molar-refractivity contribution in [2.45, 2.75) is 31.3 Å². The Bertz CT molecular complexity index is 650. The van der Waals surface area contributed by atoms with Crippen LogP contribution in [0.1, 0.15) is 31.0 Å². The summed E-state index contributed by atoms with van der Waals surface area (Å²) in [6.07, 6.45) is 1.61. The van der Waals surface area contributed by atoms with Crippen LogP contribution in [0.2, 0.25) is 5.15 Å². The summed E-state index contributed by atoms with van der Waals surface area (Å²) >= 11 is 5.88. The van der Waals surface area contributed by atoms with E-state index in [1.165, 1.54) is 0 Å². The fourth-order valence-corrected chi connectivity index (χ4v) is 2.89. The fraction of sp³-hybridized carbons (Fsp3) is 0.417. The monoisotopic (exact) mass is 265 g/mol. The average molecular weight is 266 g/mol. The summed E-state index contributed by atoms with van der Waals surface area (Å²) in [7, 11) is 0. The van der Waals surface area contributed by atoms with Gasteiger partial charge in [-0.2, -0.15) is 5.10 Å². The van der Waals surface area contributed by atoms with Crippen LogP contribution in [0.15, 0.2) is 12.3 Å². The number of halogens is 1. The Labute approximate surface area is 108 Å². The second-order valence-corrected chi connectivity index (χ2v) is 5.51. The number of aliphatic hydroxyl groups is 1. The average Bonchev–Trinajstić information content (AvgIpc) is 2.76. The third kappa shape index (κ3) is 1.29. The molecule has 0 aliphatic heterocycles. The zero-order chi connectivity index (χ0) is 13.1. The van der Waals surface area contributed by atoms with E-state index in [4.69, 9.17) is 11.6 Å². The highest BCUT2D eigenvalue weighted by molar-refractivity contribution is 6.29. The van der Waals surface area contributed by atoms with E-state index in [0.717, 1.165) is 17.5 Å². The topological polar surface area (TPSA) is 67.5 Å². The largest absolute Gasteiger partial charge is 0.391 e. The van der Waals surface area contributed by atoms with Gasteiger partial charge >= 0.3 is 0 Å². The first-order valence-corrected chi connectivity index (χ1v) is 6.02. The minimum absolute atomic E-state index is 0.343. The first-order chi connectivity index (χ1) is 8.46. The van der Waals surface area contributed by atoms with Crippen molar-refractivity contribution in [3.63, 3.8) is 0 Å². The zero-order valence-electron chi connectivity index (χ0n) is 9.96. The highest BCUT2D eigenvalue weighted by Gasteiger charge is 2.47. The lowest BCUT2D eigenvalue weighted by atomic mass is 9.86. The molecule has 6 heteroatoms. The van der Waals surface area contributed by atoms with Gasteiger partial charge in [0.2, 0.25) is 0 Å². The molecular weight excluding hydrogens is 254 g/mol. The van der Waals surface area contributed by atoms with Crippen LogP contribution in [0, 0.1) is 0 Å². The molecular formula is C12H12ClN3O2. The summed E-state index contributed by atoms with van der Waals surface area (Å²) in [5.41, 5.74) is 1.56. The summed E-state index contributed by atoms with van der Waals surface area (Å²) in [4.78, 5) is 15.4. The number of aliphatic hydroxyl groups excluding tert-OH is 1. The third-order valence-electron chi connectivity index (χ3n) is 3.68. The lowest BCUT2D eigenvalue weighted by molar-refractivity contribution is -0.111. The van der Waals surface area contributed by atoms with Crippen molar-refractivity contribution in [1.29, 1.82) is 0 Å². The van der Waals surface area contributed by atoms with Gasteiger partial charge in [0.1, 0.15) is 6.29 Å². The predicted octanol–water partition coefficient (Wildman–Crippen LogP) is 1.32. The lowest BCUT2D eigenvalue weighted by Gasteiger charge is -2.24. The molecule has 0 radical (unpaired) electrons. The Kier molecular flexibility index (Phi) is 2.27. The van der Waals surface area contributed by atoms with Gasteiger partial charge in [-0.3, -0.25) is 0 Å². The van der Waals surface area contributed by atoms with Crippen LogP contribution in [0.3, 0.4) is 0 Å². The number of aldehydes is 1. The Morgan fingerprint density at radius 3 is 2.94 bits per heavy atom. The van der Waals surface area contributed by atoms with Crippen LogP contribution in [-0.4, -0.2) is 32.1 Å². The normalized spacial score (nSPS) is 25.3. The van der Waals surface area contributed by atoms with Gasteiger partial charge in [-0.1, -0.05) is 25.4 Å². The minimum Gasteiger partial charge on any atom is -0.391 e. The molecule has 5 nitrogen and oxygen atoms in total. The first kappa shape index (κ1) is 11.6. The van der Waals surface area contributed by atoms with Crippen LogP contribution in [0.5, 0.6) is 0 Å². The summed E-state index contributed by atoms with van der Waals surface area (Å²) in [5.74, 6) is -0.560. The van der Waals surface area contributed by atoms with E-state index in [1.54, 1.807) is 16.8 Å². The predicted molar refractivity (Wildman–Crippen MR) is 65.8 cm³/mol. The van der Waals surface area contributed by atoms with Crippen LogP contribution >= 0.6 is 11.6 Å². The van der Waals surface area contributed by atoms with Crippen LogP contribution in [-0.2, 0) is 10.2 Å². The summed E-state index contributed by atoms with van der Waals surface area (Å²) < 4.78 is 1.62. The Hall–Kier alpha value is -1.46. The van der Waals surface area contributed by atoms with Gasteiger partial charge in [0.05, 0.1) is 17.7 Å². The molecule has 0 fully saturated rings. The standard InChI is InChI=1S/C12H12ClN3O2/c1-12(2)10-6(7(5-17)11(12)18)4-14-9-3-8(13)15-16(9)10/h3-5,7,11,18H,1-2H3. The second kappa shape index (κ2) is 3.52. The molecule has 0 amide bonds. The van der Waals surface area contributed by atoms with E-state index in [-0.39, 0.29) is 0 Å². The van der Waals surface area contributed by atoms with E-state index in [9.17, 15) is 9.90 Å². The molecule has 0 aromatic carbocycles. The van der Waals surface area contributed by atoms with Crippen molar-refractivity contribution < 1.29 is 9.90 Å². The number of nitrogens with zero attached hydrogens (tertiary/aromatic N) is 3. The summed E-state index contributed by atoms with van der Waals surface area (Å²) in [6, 6.07) is 1.65. The molecule has 18 heavy (non-hydrogen) atoms. The molecule has 0 bridgehead atoms. The van der Waals surface area contributed by atoms with E-state index in [1.807, 2.05) is 13.8 Å². The highest BCUT2D eigenvalue weighted by atomic mass is 35.5. The Balaban J connectivity index is 2.40. The maximum absolute atomic E-state index is 11.2. The number of carbonyl (C=O) groups excluding carboxylic acids is 1. The second-order valence-electron chi connectivity index (χ2n) is 5.13. The molecule has 3 rings (SSSR count). The minimum atomic E-state index is -0.777. The number of aromatic nitrogens is 3. The van der Waals surface area contributed by atoms with Gasteiger partial charge in [-0.15, -0.1) is 0 Å². The van der Waals surface area contributed by atoms with Crippen molar-refractivity contribution in [2.24, 2.45) is 0 Å². The lowest BCUT2D eigenvalue weighted by Crippen LogP contribution is -2.33.